The lowest BCUT2D eigenvalue weighted by Gasteiger charge is -2.29. The Kier molecular flexibility index (Phi) is 5.35. The van der Waals surface area contributed by atoms with Crippen LogP contribution in [0.25, 0.3) is 0 Å². The molecule has 1 aromatic carbocycles. The highest BCUT2D eigenvalue weighted by Gasteiger charge is 2.31. The molecular weight excluding hydrogens is 307 g/mol. The Hall–Kier alpha value is -1.34. The number of sulfonamides is 1. The first-order valence-electron chi connectivity index (χ1n) is 5.88. The van der Waals surface area contributed by atoms with Crippen LogP contribution >= 0.6 is 11.6 Å². The van der Waals surface area contributed by atoms with Gasteiger partial charge in [-0.25, -0.2) is 12.8 Å². The summed E-state index contributed by atoms with van der Waals surface area (Å²) in [5, 5.41) is 2.21. The standard InChI is InChI=1S/C12H16ClFN2O3S/c1-4-11(12(17)15-2)16(20(3,18)19)8-5-6-10(14)9(13)7-8/h5-7,11H,4H2,1-3H3,(H,15,17). The molecule has 0 spiro atoms. The lowest BCUT2D eigenvalue weighted by molar-refractivity contribution is -0.121. The molecule has 1 N–H and O–H groups in total. The fraction of sp³-hybridized carbons (Fsp3) is 0.417. The van der Waals surface area contributed by atoms with Crippen molar-refractivity contribution in [3.05, 3.63) is 29.0 Å². The van der Waals surface area contributed by atoms with Crippen molar-refractivity contribution in [3.63, 3.8) is 0 Å². The third-order valence-corrected chi connectivity index (χ3v) is 4.20. The quantitative estimate of drug-likeness (QED) is 0.898. The van der Waals surface area contributed by atoms with Gasteiger partial charge < -0.3 is 5.32 Å². The molecule has 0 heterocycles. The smallest absolute Gasteiger partial charge is 0.243 e. The summed E-state index contributed by atoms with van der Waals surface area (Å²) < 4.78 is 38.0. The summed E-state index contributed by atoms with van der Waals surface area (Å²) in [6.07, 6.45) is 1.25. The second-order valence-electron chi connectivity index (χ2n) is 4.20. The van der Waals surface area contributed by atoms with Gasteiger partial charge in [0.15, 0.2) is 0 Å². The first-order valence-corrected chi connectivity index (χ1v) is 8.11. The van der Waals surface area contributed by atoms with Gasteiger partial charge in [-0.05, 0) is 24.6 Å². The Morgan fingerprint density at radius 1 is 1.50 bits per heavy atom. The molecule has 1 aromatic rings. The molecule has 0 bridgehead atoms. The molecule has 112 valence electrons. The van der Waals surface area contributed by atoms with Crippen molar-refractivity contribution in [1.29, 1.82) is 0 Å². The van der Waals surface area contributed by atoms with E-state index in [0.717, 1.165) is 16.6 Å². The van der Waals surface area contributed by atoms with Crippen LogP contribution < -0.4 is 9.62 Å². The SMILES string of the molecule is CCC(C(=O)NC)N(c1ccc(F)c(Cl)c1)S(C)(=O)=O. The van der Waals surface area contributed by atoms with Crippen LogP contribution in [-0.4, -0.2) is 33.7 Å². The molecule has 5 nitrogen and oxygen atoms in total. The Bertz CT molecular complexity index is 607. The van der Waals surface area contributed by atoms with Crippen LogP contribution in [0.1, 0.15) is 13.3 Å². The first-order chi connectivity index (χ1) is 9.22. The number of hydrogen-bond donors (Lipinski definition) is 1. The summed E-state index contributed by atoms with van der Waals surface area (Å²) >= 11 is 5.67. The van der Waals surface area contributed by atoms with Crippen LogP contribution in [0.2, 0.25) is 5.02 Å². The summed E-state index contributed by atoms with van der Waals surface area (Å²) in [5.41, 5.74) is 0.148. The van der Waals surface area contributed by atoms with E-state index in [0.29, 0.717) is 0 Å². The summed E-state index contributed by atoms with van der Waals surface area (Å²) in [7, 11) is -2.30. The number of rotatable bonds is 5. The highest BCUT2D eigenvalue weighted by atomic mass is 35.5. The van der Waals surface area contributed by atoms with E-state index in [1.807, 2.05) is 0 Å². The van der Waals surface area contributed by atoms with Crippen LogP contribution in [0.4, 0.5) is 10.1 Å². The third-order valence-electron chi connectivity index (χ3n) is 2.73. The Balaban J connectivity index is 3.39. The van der Waals surface area contributed by atoms with Gasteiger partial charge in [0.2, 0.25) is 15.9 Å². The fourth-order valence-corrected chi connectivity index (χ4v) is 3.23. The van der Waals surface area contributed by atoms with Crippen molar-refractivity contribution in [2.75, 3.05) is 17.6 Å². The van der Waals surface area contributed by atoms with Crippen molar-refractivity contribution in [2.45, 2.75) is 19.4 Å². The number of hydrogen-bond acceptors (Lipinski definition) is 3. The summed E-state index contributed by atoms with van der Waals surface area (Å²) in [5.74, 6) is -1.10. The number of anilines is 1. The molecule has 0 aromatic heterocycles. The van der Waals surface area contributed by atoms with E-state index in [1.54, 1.807) is 6.92 Å². The van der Waals surface area contributed by atoms with Gasteiger partial charge in [-0.2, -0.15) is 0 Å². The average molecular weight is 323 g/mol. The van der Waals surface area contributed by atoms with E-state index in [9.17, 15) is 17.6 Å². The molecule has 0 aliphatic carbocycles. The van der Waals surface area contributed by atoms with Gasteiger partial charge in [-0.15, -0.1) is 0 Å². The van der Waals surface area contributed by atoms with Crippen LogP contribution in [0, 0.1) is 5.82 Å². The number of carbonyl (C=O) groups excluding carboxylic acids is 1. The van der Waals surface area contributed by atoms with Gasteiger partial charge in [0.1, 0.15) is 11.9 Å². The molecule has 1 amide bonds. The predicted molar refractivity (Wildman–Crippen MR) is 76.9 cm³/mol. The molecule has 0 radical (unpaired) electrons. The zero-order chi connectivity index (χ0) is 15.5. The van der Waals surface area contributed by atoms with Crippen molar-refractivity contribution in [2.24, 2.45) is 0 Å². The highest BCUT2D eigenvalue weighted by molar-refractivity contribution is 7.92. The monoisotopic (exact) mass is 322 g/mol. The maximum Gasteiger partial charge on any atom is 0.243 e. The van der Waals surface area contributed by atoms with Crippen molar-refractivity contribution in [1.82, 2.24) is 5.32 Å². The van der Waals surface area contributed by atoms with Gasteiger partial charge in [0.25, 0.3) is 0 Å². The zero-order valence-corrected chi connectivity index (χ0v) is 12.9. The molecule has 0 fully saturated rings. The minimum absolute atomic E-state index is 0.148. The summed E-state index contributed by atoms with van der Waals surface area (Å²) in [4.78, 5) is 11.8. The van der Waals surface area contributed by atoms with E-state index in [1.165, 1.54) is 19.2 Å². The van der Waals surface area contributed by atoms with Gasteiger partial charge >= 0.3 is 0 Å². The normalized spacial score (nSPS) is 12.8. The lowest BCUT2D eigenvalue weighted by atomic mass is 10.2. The molecule has 0 aliphatic heterocycles. The molecular formula is C12H16ClFN2O3S. The zero-order valence-electron chi connectivity index (χ0n) is 11.4. The van der Waals surface area contributed by atoms with Crippen LogP contribution in [-0.2, 0) is 14.8 Å². The Morgan fingerprint density at radius 2 is 2.10 bits per heavy atom. The average Bonchev–Trinajstić information content (AvgIpc) is 2.37. The number of benzene rings is 1. The molecule has 0 saturated heterocycles. The van der Waals surface area contributed by atoms with Crippen molar-refractivity contribution < 1.29 is 17.6 Å². The van der Waals surface area contributed by atoms with E-state index < -0.39 is 27.8 Å². The maximum absolute atomic E-state index is 13.2. The van der Waals surface area contributed by atoms with E-state index in [4.69, 9.17) is 11.6 Å². The number of amides is 1. The second-order valence-corrected chi connectivity index (χ2v) is 6.46. The number of halogens is 2. The van der Waals surface area contributed by atoms with Crippen LogP contribution in [0.15, 0.2) is 18.2 Å². The summed E-state index contributed by atoms with van der Waals surface area (Å²) in [6.45, 7) is 1.68. The number of nitrogens with one attached hydrogen (secondary N) is 1. The third kappa shape index (κ3) is 3.61. The van der Waals surface area contributed by atoms with Gasteiger partial charge in [-0.3, -0.25) is 9.10 Å². The van der Waals surface area contributed by atoms with E-state index in [2.05, 4.69) is 5.32 Å². The fourth-order valence-electron chi connectivity index (χ4n) is 1.85. The summed E-state index contributed by atoms with van der Waals surface area (Å²) in [6, 6.07) is 2.60. The molecule has 20 heavy (non-hydrogen) atoms. The first kappa shape index (κ1) is 16.7. The molecule has 1 unspecified atom stereocenters. The van der Waals surface area contributed by atoms with Crippen molar-refractivity contribution >= 4 is 33.2 Å². The number of likely N-dealkylation sites (N-methyl/N-ethyl adjacent to an activating group) is 1. The molecule has 1 rings (SSSR count). The second kappa shape index (κ2) is 6.41. The minimum Gasteiger partial charge on any atom is -0.357 e. The van der Waals surface area contributed by atoms with E-state index in [-0.39, 0.29) is 17.1 Å². The van der Waals surface area contributed by atoms with Crippen LogP contribution in [0.3, 0.4) is 0 Å². The largest absolute Gasteiger partial charge is 0.357 e. The lowest BCUT2D eigenvalue weighted by Crippen LogP contribution is -2.48. The highest BCUT2D eigenvalue weighted by Crippen LogP contribution is 2.27. The Labute approximate surface area is 122 Å². The minimum atomic E-state index is -3.72. The number of nitrogens with zero attached hydrogens (tertiary/aromatic N) is 1. The predicted octanol–water partition coefficient (Wildman–Crippen LogP) is 1.77. The van der Waals surface area contributed by atoms with Crippen molar-refractivity contribution in [3.8, 4) is 0 Å². The molecule has 1 atom stereocenters. The molecule has 0 aliphatic rings. The number of carbonyl (C=O) groups is 1. The van der Waals surface area contributed by atoms with E-state index >= 15 is 0 Å². The van der Waals surface area contributed by atoms with Crippen LogP contribution in [0.5, 0.6) is 0 Å². The van der Waals surface area contributed by atoms with Gasteiger partial charge in [-0.1, -0.05) is 18.5 Å². The Morgan fingerprint density at radius 3 is 2.50 bits per heavy atom. The molecule has 0 saturated carbocycles. The van der Waals surface area contributed by atoms with Gasteiger partial charge in [0, 0.05) is 7.05 Å². The molecule has 8 heteroatoms. The topological polar surface area (TPSA) is 66.5 Å². The van der Waals surface area contributed by atoms with Gasteiger partial charge in [0.05, 0.1) is 17.0 Å². The maximum atomic E-state index is 13.2.